The van der Waals surface area contributed by atoms with E-state index in [0.29, 0.717) is 10.5 Å². The molecule has 1 aromatic heterocycles. The van der Waals surface area contributed by atoms with Crippen molar-refractivity contribution in [3.8, 4) is 0 Å². The van der Waals surface area contributed by atoms with Crippen LogP contribution in [0.3, 0.4) is 0 Å². The van der Waals surface area contributed by atoms with Crippen molar-refractivity contribution < 1.29 is 0 Å². The summed E-state index contributed by atoms with van der Waals surface area (Å²) < 4.78 is 0.550. The predicted octanol–water partition coefficient (Wildman–Crippen LogP) is 1.21. The molecule has 1 atom stereocenters. The van der Waals surface area contributed by atoms with Crippen molar-refractivity contribution in [3.05, 3.63) is 21.2 Å². The number of aromatic nitrogens is 2. The maximum absolute atomic E-state index is 11.6. The second kappa shape index (κ2) is 5.01. The monoisotopic (exact) mass is 312 g/mol. The van der Waals surface area contributed by atoms with E-state index in [-0.39, 0.29) is 5.56 Å². The summed E-state index contributed by atoms with van der Waals surface area (Å²) in [5, 5.41) is 0. The Morgan fingerprint density at radius 1 is 1.33 bits per heavy atom. The molecule has 98 valence electrons. The van der Waals surface area contributed by atoms with Crippen molar-refractivity contribution in [2.45, 2.75) is 25.3 Å². The number of nitrogens with zero attached hydrogens (tertiary/aromatic N) is 3. The van der Waals surface area contributed by atoms with Gasteiger partial charge in [-0.1, -0.05) is 6.42 Å². The van der Waals surface area contributed by atoms with Gasteiger partial charge in [-0.15, -0.1) is 0 Å². The summed E-state index contributed by atoms with van der Waals surface area (Å²) >= 11 is 3.34. The van der Waals surface area contributed by atoms with Crippen molar-refractivity contribution >= 4 is 21.7 Å². The largest absolute Gasteiger partial charge is 0.353 e. The minimum atomic E-state index is -0.105. The number of piperazine rings is 1. The number of H-pyrrole nitrogens is 1. The Labute approximate surface area is 114 Å². The Kier molecular flexibility index (Phi) is 3.39. The summed E-state index contributed by atoms with van der Waals surface area (Å²) in [4.78, 5) is 23.3. The minimum absolute atomic E-state index is 0.105. The highest BCUT2D eigenvalue weighted by atomic mass is 79.9. The molecule has 18 heavy (non-hydrogen) atoms. The number of piperidine rings is 1. The molecular formula is C12H17BrN4O. The Hall–Kier alpha value is -0.880. The van der Waals surface area contributed by atoms with Gasteiger partial charge in [0.25, 0.3) is 5.56 Å². The average molecular weight is 313 g/mol. The van der Waals surface area contributed by atoms with E-state index in [1.54, 1.807) is 0 Å². The number of hydrogen-bond acceptors (Lipinski definition) is 4. The lowest BCUT2D eigenvalue weighted by molar-refractivity contribution is 0.133. The normalized spacial score (nSPS) is 24.9. The fourth-order valence-electron chi connectivity index (χ4n) is 2.94. The molecular weight excluding hydrogens is 296 g/mol. The van der Waals surface area contributed by atoms with Crippen LogP contribution in [0.2, 0.25) is 0 Å². The van der Waals surface area contributed by atoms with Crippen molar-refractivity contribution in [2.75, 3.05) is 31.1 Å². The SMILES string of the molecule is O=c1[nH]cnc(N2CCN3CCCCC3C2)c1Br. The molecule has 2 saturated heterocycles. The smallest absolute Gasteiger partial charge is 0.267 e. The standard InChI is InChI=1S/C12H17BrN4O/c13-10-11(14-8-15-12(10)18)17-6-5-16-4-2-1-3-9(16)7-17/h8-9H,1-7H2,(H,14,15,18). The van der Waals surface area contributed by atoms with Crippen LogP contribution in [0.1, 0.15) is 19.3 Å². The van der Waals surface area contributed by atoms with Crippen LogP contribution in [0.25, 0.3) is 0 Å². The van der Waals surface area contributed by atoms with Gasteiger partial charge in [-0.05, 0) is 35.3 Å². The van der Waals surface area contributed by atoms with Crippen LogP contribution < -0.4 is 10.5 Å². The molecule has 3 rings (SSSR count). The van der Waals surface area contributed by atoms with Crippen molar-refractivity contribution in [1.82, 2.24) is 14.9 Å². The van der Waals surface area contributed by atoms with Gasteiger partial charge in [0.15, 0.2) is 0 Å². The van der Waals surface area contributed by atoms with Gasteiger partial charge in [-0.25, -0.2) is 4.98 Å². The first-order valence-electron chi connectivity index (χ1n) is 6.48. The van der Waals surface area contributed by atoms with Gasteiger partial charge in [-0.3, -0.25) is 9.69 Å². The lowest BCUT2D eigenvalue weighted by Crippen LogP contribution is -2.55. The number of nitrogens with one attached hydrogen (secondary N) is 1. The second-order valence-electron chi connectivity index (χ2n) is 5.00. The van der Waals surface area contributed by atoms with E-state index >= 15 is 0 Å². The molecule has 3 heterocycles. The molecule has 0 radical (unpaired) electrons. The Bertz CT molecular complexity index is 489. The van der Waals surface area contributed by atoms with E-state index in [0.717, 1.165) is 25.5 Å². The van der Waals surface area contributed by atoms with Crippen LogP contribution in [0.15, 0.2) is 15.6 Å². The van der Waals surface area contributed by atoms with E-state index in [2.05, 4.69) is 35.7 Å². The van der Waals surface area contributed by atoms with E-state index in [4.69, 9.17) is 0 Å². The molecule has 1 aromatic rings. The van der Waals surface area contributed by atoms with Crippen LogP contribution in [0, 0.1) is 0 Å². The molecule has 2 aliphatic heterocycles. The van der Waals surface area contributed by atoms with Gasteiger partial charge >= 0.3 is 0 Å². The Morgan fingerprint density at radius 2 is 2.22 bits per heavy atom. The molecule has 0 spiro atoms. The molecule has 0 amide bonds. The lowest BCUT2D eigenvalue weighted by atomic mass is 9.99. The molecule has 0 aromatic carbocycles. The van der Waals surface area contributed by atoms with Crippen LogP contribution >= 0.6 is 15.9 Å². The van der Waals surface area contributed by atoms with Gasteiger partial charge in [0.05, 0.1) is 6.33 Å². The summed E-state index contributed by atoms with van der Waals surface area (Å²) in [6.45, 7) is 4.23. The number of aromatic amines is 1. The topological polar surface area (TPSA) is 52.2 Å². The Balaban J connectivity index is 1.81. The van der Waals surface area contributed by atoms with E-state index in [1.165, 1.54) is 32.1 Å². The van der Waals surface area contributed by atoms with E-state index < -0.39 is 0 Å². The zero-order valence-corrected chi connectivity index (χ0v) is 11.8. The summed E-state index contributed by atoms with van der Waals surface area (Å²) in [5.74, 6) is 0.781. The summed E-state index contributed by atoms with van der Waals surface area (Å²) in [6, 6.07) is 0.625. The number of rotatable bonds is 1. The molecule has 1 unspecified atom stereocenters. The van der Waals surface area contributed by atoms with Crippen molar-refractivity contribution in [3.63, 3.8) is 0 Å². The third-order valence-corrected chi connectivity index (χ3v) is 4.63. The van der Waals surface area contributed by atoms with Crippen LogP contribution in [0.5, 0.6) is 0 Å². The van der Waals surface area contributed by atoms with Gasteiger partial charge < -0.3 is 9.88 Å². The average Bonchev–Trinajstić information content (AvgIpc) is 2.41. The third-order valence-electron chi connectivity index (χ3n) is 3.92. The quantitative estimate of drug-likeness (QED) is 0.847. The highest BCUT2D eigenvalue weighted by molar-refractivity contribution is 9.10. The molecule has 0 aliphatic carbocycles. The third kappa shape index (κ3) is 2.19. The summed E-state index contributed by atoms with van der Waals surface area (Å²) in [7, 11) is 0. The van der Waals surface area contributed by atoms with Gasteiger partial charge in [-0.2, -0.15) is 0 Å². The number of halogens is 1. The first kappa shape index (κ1) is 12.2. The van der Waals surface area contributed by atoms with Crippen LogP contribution in [-0.2, 0) is 0 Å². The zero-order chi connectivity index (χ0) is 12.5. The first-order chi connectivity index (χ1) is 8.75. The van der Waals surface area contributed by atoms with Crippen molar-refractivity contribution in [2.24, 2.45) is 0 Å². The molecule has 1 N–H and O–H groups in total. The highest BCUT2D eigenvalue weighted by Crippen LogP contribution is 2.26. The van der Waals surface area contributed by atoms with Crippen LogP contribution in [0.4, 0.5) is 5.82 Å². The molecule has 0 saturated carbocycles. The van der Waals surface area contributed by atoms with Gasteiger partial charge in [0.1, 0.15) is 10.3 Å². The maximum atomic E-state index is 11.6. The van der Waals surface area contributed by atoms with Crippen LogP contribution in [-0.4, -0.2) is 47.1 Å². The molecule has 5 nitrogen and oxygen atoms in total. The first-order valence-corrected chi connectivity index (χ1v) is 7.27. The summed E-state index contributed by atoms with van der Waals surface area (Å²) in [5.41, 5.74) is -0.105. The number of hydrogen-bond donors (Lipinski definition) is 1. The van der Waals surface area contributed by atoms with E-state index in [9.17, 15) is 4.79 Å². The fourth-order valence-corrected chi connectivity index (χ4v) is 3.41. The maximum Gasteiger partial charge on any atom is 0.267 e. The molecule has 0 bridgehead atoms. The number of fused-ring (bicyclic) bond motifs is 1. The molecule has 2 fully saturated rings. The van der Waals surface area contributed by atoms with E-state index in [1.807, 2.05) is 0 Å². The number of anilines is 1. The zero-order valence-electron chi connectivity index (χ0n) is 10.2. The highest BCUT2D eigenvalue weighted by Gasteiger charge is 2.30. The molecule has 2 aliphatic rings. The fraction of sp³-hybridized carbons (Fsp3) is 0.667. The lowest BCUT2D eigenvalue weighted by Gasteiger charge is -2.44. The summed E-state index contributed by atoms with van der Waals surface area (Å²) in [6.07, 6.45) is 5.38. The second-order valence-corrected chi connectivity index (χ2v) is 5.79. The van der Waals surface area contributed by atoms with Gasteiger partial charge in [0, 0.05) is 25.7 Å². The van der Waals surface area contributed by atoms with Crippen molar-refractivity contribution in [1.29, 1.82) is 0 Å². The minimum Gasteiger partial charge on any atom is -0.353 e. The predicted molar refractivity (Wildman–Crippen MR) is 74.0 cm³/mol. The van der Waals surface area contributed by atoms with Gasteiger partial charge in [0.2, 0.25) is 0 Å². The molecule has 6 heteroatoms. The Morgan fingerprint density at radius 3 is 3.11 bits per heavy atom.